The molecule has 1 heterocycles. The van der Waals surface area contributed by atoms with Crippen LogP contribution in [0, 0.1) is 0 Å². The lowest BCUT2D eigenvalue weighted by molar-refractivity contribution is 0.466. The molecule has 130 valence electrons. The lowest BCUT2D eigenvalue weighted by atomic mass is 10.1. The summed E-state index contributed by atoms with van der Waals surface area (Å²) in [7, 11) is 0. The number of nitrogens with zero attached hydrogens (tertiary/aromatic N) is 1. The van der Waals surface area contributed by atoms with E-state index >= 15 is 0 Å². The highest BCUT2D eigenvalue weighted by Gasteiger charge is 2.09. The highest BCUT2D eigenvalue weighted by molar-refractivity contribution is 5.84. The molecule has 0 saturated heterocycles. The van der Waals surface area contributed by atoms with Gasteiger partial charge < -0.3 is 15.2 Å². The number of hydrogen-bond acceptors (Lipinski definition) is 3. The van der Waals surface area contributed by atoms with Crippen LogP contribution < -0.4 is 16.2 Å². The minimum absolute atomic E-state index is 0.0294. The van der Waals surface area contributed by atoms with E-state index in [1.165, 1.54) is 0 Å². The van der Waals surface area contributed by atoms with Crippen LogP contribution in [0.25, 0.3) is 10.9 Å². The molecule has 0 aliphatic rings. The van der Waals surface area contributed by atoms with Crippen molar-refractivity contribution in [3.63, 3.8) is 0 Å². The van der Waals surface area contributed by atoms with Gasteiger partial charge in [-0.3, -0.25) is 4.79 Å². The first-order valence-electron chi connectivity index (χ1n) is 8.48. The monoisotopic (exact) mass is 339 g/mol. The Labute approximate surface area is 146 Å². The number of anilines is 2. The van der Waals surface area contributed by atoms with Crippen LogP contribution in [-0.4, -0.2) is 17.8 Å². The van der Waals surface area contributed by atoms with Crippen LogP contribution in [0.3, 0.4) is 0 Å². The van der Waals surface area contributed by atoms with Crippen LogP contribution in [0.1, 0.15) is 12.5 Å². The summed E-state index contributed by atoms with van der Waals surface area (Å²) in [5, 5.41) is 7.30. The quantitative estimate of drug-likeness (QED) is 0.643. The summed E-state index contributed by atoms with van der Waals surface area (Å²) in [6, 6.07) is 17.8. The molecule has 3 aromatic rings. The second-order valence-electron chi connectivity index (χ2n) is 5.85. The van der Waals surface area contributed by atoms with Gasteiger partial charge in [-0.15, -0.1) is 0 Å². The van der Waals surface area contributed by atoms with Crippen LogP contribution >= 0.6 is 0 Å². The topological polar surface area (TPSA) is 46.1 Å². The second kappa shape index (κ2) is 7.94. The third-order valence-corrected chi connectivity index (χ3v) is 4.14. The fourth-order valence-electron chi connectivity index (χ4n) is 2.93. The number of rotatable bonds is 7. The van der Waals surface area contributed by atoms with Gasteiger partial charge in [-0.05, 0) is 42.6 Å². The van der Waals surface area contributed by atoms with Gasteiger partial charge in [0.1, 0.15) is 6.67 Å². The molecular formula is C20H22FN3O. The Morgan fingerprint density at radius 3 is 2.56 bits per heavy atom. The molecule has 0 bridgehead atoms. The molecule has 1 aromatic heterocycles. The third-order valence-electron chi connectivity index (χ3n) is 4.14. The molecule has 5 heteroatoms. The van der Waals surface area contributed by atoms with E-state index in [-0.39, 0.29) is 12.1 Å². The molecule has 0 aliphatic heterocycles. The van der Waals surface area contributed by atoms with Gasteiger partial charge in [-0.25, -0.2) is 4.39 Å². The number of aryl methyl sites for hydroxylation is 1. The van der Waals surface area contributed by atoms with Crippen molar-refractivity contribution in [3.8, 4) is 0 Å². The van der Waals surface area contributed by atoms with E-state index < -0.39 is 6.67 Å². The summed E-state index contributed by atoms with van der Waals surface area (Å²) in [4.78, 5) is 12.7. The first-order chi connectivity index (χ1) is 12.2. The standard InChI is InChI=1S/C20H22FN3O/c1-2-24-19-13-18(23-17-6-4-3-5-7-17)9-8-15(19)12-16(20(24)25)14-22-11-10-21/h3-9,12-13,22-23H,2,10-11,14H2,1H3. The Hall–Kier alpha value is -2.66. The maximum Gasteiger partial charge on any atom is 0.255 e. The molecular weight excluding hydrogens is 317 g/mol. The molecule has 0 radical (unpaired) electrons. The zero-order valence-electron chi connectivity index (χ0n) is 14.3. The lowest BCUT2D eigenvalue weighted by Crippen LogP contribution is -2.27. The SMILES string of the molecule is CCn1c(=O)c(CNCCF)cc2ccc(Nc3ccccc3)cc21. The van der Waals surface area contributed by atoms with Crippen molar-refractivity contribution in [2.24, 2.45) is 0 Å². The molecule has 0 unspecified atom stereocenters. The Kier molecular flexibility index (Phi) is 5.46. The minimum Gasteiger partial charge on any atom is -0.355 e. The van der Waals surface area contributed by atoms with Crippen molar-refractivity contribution in [1.29, 1.82) is 0 Å². The molecule has 2 N–H and O–H groups in total. The summed E-state index contributed by atoms with van der Waals surface area (Å²) in [5.74, 6) is 0. The summed E-state index contributed by atoms with van der Waals surface area (Å²) in [5.41, 5.74) is 3.45. The van der Waals surface area contributed by atoms with Crippen molar-refractivity contribution in [2.75, 3.05) is 18.5 Å². The summed E-state index contributed by atoms with van der Waals surface area (Å²) in [6.45, 7) is 2.73. The second-order valence-corrected chi connectivity index (χ2v) is 5.85. The first kappa shape index (κ1) is 17.2. The zero-order valence-corrected chi connectivity index (χ0v) is 14.3. The maximum atomic E-state index is 12.7. The Morgan fingerprint density at radius 1 is 1.04 bits per heavy atom. The highest BCUT2D eigenvalue weighted by Crippen LogP contribution is 2.22. The van der Waals surface area contributed by atoms with E-state index in [1.807, 2.05) is 61.5 Å². The lowest BCUT2D eigenvalue weighted by Gasteiger charge is -2.14. The highest BCUT2D eigenvalue weighted by atomic mass is 19.1. The fraction of sp³-hybridized carbons (Fsp3) is 0.250. The summed E-state index contributed by atoms with van der Waals surface area (Å²) >= 11 is 0. The largest absolute Gasteiger partial charge is 0.355 e. The van der Waals surface area contributed by atoms with Crippen LogP contribution in [0.15, 0.2) is 59.4 Å². The number of pyridine rings is 1. The molecule has 0 fully saturated rings. The van der Waals surface area contributed by atoms with Crippen molar-refractivity contribution in [3.05, 3.63) is 70.5 Å². The van der Waals surface area contributed by atoms with Crippen LogP contribution in [0.2, 0.25) is 0 Å². The predicted molar refractivity (Wildman–Crippen MR) is 101 cm³/mol. The summed E-state index contributed by atoms with van der Waals surface area (Å²) < 4.78 is 14.0. The number of nitrogens with one attached hydrogen (secondary N) is 2. The van der Waals surface area contributed by atoms with Crippen molar-refractivity contribution in [2.45, 2.75) is 20.0 Å². The normalized spacial score (nSPS) is 11.0. The van der Waals surface area contributed by atoms with E-state index in [9.17, 15) is 9.18 Å². The van der Waals surface area contributed by atoms with Crippen LogP contribution in [-0.2, 0) is 13.1 Å². The molecule has 0 atom stereocenters. The average molecular weight is 339 g/mol. The number of fused-ring (bicyclic) bond motifs is 1. The van der Waals surface area contributed by atoms with Gasteiger partial charge in [0.15, 0.2) is 0 Å². The number of para-hydroxylation sites is 1. The summed E-state index contributed by atoms with van der Waals surface area (Å²) in [6.07, 6.45) is 0. The zero-order chi connectivity index (χ0) is 17.6. The Bertz CT molecular complexity index is 906. The van der Waals surface area contributed by atoms with E-state index in [1.54, 1.807) is 4.57 Å². The van der Waals surface area contributed by atoms with Crippen LogP contribution in [0.5, 0.6) is 0 Å². The van der Waals surface area contributed by atoms with Gasteiger partial charge in [0, 0.05) is 36.6 Å². The maximum absolute atomic E-state index is 12.7. The van der Waals surface area contributed by atoms with Crippen LogP contribution in [0.4, 0.5) is 15.8 Å². The first-order valence-corrected chi connectivity index (χ1v) is 8.48. The van der Waals surface area contributed by atoms with Gasteiger partial charge in [-0.1, -0.05) is 24.3 Å². The van der Waals surface area contributed by atoms with Crippen molar-refractivity contribution < 1.29 is 4.39 Å². The predicted octanol–water partition coefficient (Wildman–Crippen LogP) is 3.82. The van der Waals surface area contributed by atoms with E-state index in [4.69, 9.17) is 0 Å². The molecule has 0 amide bonds. The van der Waals surface area contributed by atoms with E-state index in [0.29, 0.717) is 18.7 Å². The van der Waals surface area contributed by atoms with E-state index in [0.717, 1.165) is 22.3 Å². The number of hydrogen-bond donors (Lipinski definition) is 2. The van der Waals surface area contributed by atoms with Gasteiger partial charge in [0.05, 0.1) is 5.52 Å². The van der Waals surface area contributed by atoms with Crippen molar-refractivity contribution in [1.82, 2.24) is 9.88 Å². The number of aromatic nitrogens is 1. The number of benzene rings is 2. The van der Waals surface area contributed by atoms with E-state index in [2.05, 4.69) is 10.6 Å². The number of halogens is 1. The molecule has 25 heavy (non-hydrogen) atoms. The van der Waals surface area contributed by atoms with Gasteiger partial charge in [0.2, 0.25) is 0 Å². The van der Waals surface area contributed by atoms with Gasteiger partial charge in [0.25, 0.3) is 5.56 Å². The average Bonchev–Trinajstić information content (AvgIpc) is 2.63. The molecule has 4 nitrogen and oxygen atoms in total. The number of alkyl halides is 1. The smallest absolute Gasteiger partial charge is 0.255 e. The molecule has 0 aliphatic carbocycles. The minimum atomic E-state index is -0.440. The third kappa shape index (κ3) is 3.88. The van der Waals surface area contributed by atoms with Gasteiger partial charge in [-0.2, -0.15) is 0 Å². The molecule has 3 rings (SSSR count). The van der Waals surface area contributed by atoms with Crippen molar-refractivity contribution >= 4 is 22.3 Å². The molecule has 0 saturated carbocycles. The Morgan fingerprint density at radius 2 is 1.84 bits per heavy atom. The molecule has 0 spiro atoms. The molecule has 2 aromatic carbocycles. The van der Waals surface area contributed by atoms with Gasteiger partial charge >= 0.3 is 0 Å². The fourth-order valence-corrected chi connectivity index (χ4v) is 2.93. The Balaban J connectivity index is 1.98.